The SMILES string of the molecule is CCCCN(CC(=O)N1CCc2sccc2C1c1ccccc1)C(=O)Nc1ccccc1OCC. The third-order valence-electron chi connectivity index (χ3n) is 6.22. The highest BCUT2D eigenvalue weighted by molar-refractivity contribution is 7.10. The zero-order valence-electron chi connectivity index (χ0n) is 20.4. The molecule has 0 saturated carbocycles. The molecule has 6 nitrogen and oxygen atoms in total. The van der Waals surface area contributed by atoms with Crippen LogP contribution < -0.4 is 10.1 Å². The lowest BCUT2D eigenvalue weighted by Crippen LogP contribution is -2.48. The molecular weight excluding hydrogens is 458 g/mol. The second-order valence-electron chi connectivity index (χ2n) is 8.58. The van der Waals surface area contributed by atoms with Crippen LogP contribution in [0.4, 0.5) is 10.5 Å². The Hall–Kier alpha value is -3.32. The molecule has 3 amide bonds. The standard InChI is InChI=1S/C28H33N3O3S/c1-3-5-17-30(28(33)29-23-13-9-10-14-24(23)34-4-2)20-26(32)31-18-15-25-22(16-19-35-25)27(31)21-11-7-6-8-12-21/h6-14,16,19,27H,3-5,15,17-18,20H2,1-2H3,(H,29,33). The quantitative estimate of drug-likeness (QED) is 0.402. The molecule has 3 aromatic rings. The van der Waals surface area contributed by atoms with E-state index in [-0.39, 0.29) is 24.5 Å². The van der Waals surface area contributed by atoms with Gasteiger partial charge in [-0.2, -0.15) is 0 Å². The van der Waals surface area contributed by atoms with E-state index in [9.17, 15) is 9.59 Å². The molecule has 4 rings (SSSR count). The number of hydrogen-bond donors (Lipinski definition) is 1. The number of benzene rings is 2. The lowest BCUT2D eigenvalue weighted by Gasteiger charge is -2.37. The highest BCUT2D eigenvalue weighted by Gasteiger charge is 2.34. The lowest BCUT2D eigenvalue weighted by molar-refractivity contribution is -0.133. The summed E-state index contributed by atoms with van der Waals surface area (Å²) >= 11 is 1.75. The van der Waals surface area contributed by atoms with E-state index in [4.69, 9.17) is 4.74 Å². The summed E-state index contributed by atoms with van der Waals surface area (Å²) in [6.07, 6.45) is 2.59. The van der Waals surface area contributed by atoms with Crippen LogP contribution in [-0.4, -0.2) is 48.0 Å². The van der Waals surface area contributed by atoms with Gasteiger partial charge in [0.15, 0.2) is 0 Å². The van der Waals surface area contributed by atoms with E-state index < -0.39 is 0 Å². The van der Waals surface area contributed by atoms with E-state index in [2.05, 4.69) is 35.8 Å². The number of thiophene rings is 1. The Morgan fingerprint density at radius 1 is 1.09 bits per heavy atom. The molecule has 1 aliphatic heterocycles. The van der Waals surface area contributed by atoms with Gasteiger partial charge in [-0.15, -0.1) is 11.3 Å². The summed E-state index contributed by atoms with van der Waals surface area (Å²) in [7, 11) is 0. The summed E-state index contributed by atoms with van der Waals surface area (Å²) in [6, 6.07) is 19.2. The van der Waals surface area contributed by atoms with Crippen LogP contribution in [0.1, 0.15) is 48.7 Å². The second kappa shape index (κ2) is 11.9. The molecular formula is C28H33N3O3S. The van der Waals surface area contributed by atoms with Crippen molar-refractivity contribution in [3.8, 4) is 5.75 Å². The number of anilines is 1. The fourth-order valence-electron chi connectivity index (χ4n) is 4.48. The zero-order valence-corrected chi connectivity index (χ0v) is 21.2. The maximum Gasteiger partial charge on any atom is 0.322 e. The Kier molecular flexibility index (Phi) is 8.42. The first-order valence-electron chi connectivity index (χ1n) is 12.3. The number of para-hydroxylation sites is 2. The molecule has 0 bridgehead atoms. The van der Waals surface area contributed by atoms with Gasteiger partial charge in [0.05, 0.1) is 18.3 Å². The molecule has 2 heterocycles. The van der Waals surface area contributed by atoms with Crippen molar-refractivity contribution in [3.05, 3.63) is 82.0 Å². The molecule has 1 atom stereocenters. The molecule has 7 heteroatoms. The van der Waals surface area contributed by atoms with Gasteiger partial charge in [-0.1, -0.05) is 55.8 Å². The van der Waals surface area contributed by atoms with Crippen LogP contribution in [0.15, 0.2) is 66.0 Å². The van der Waals surface area contributed by atoms with E-state index in [1.165, 1.54) is 10.4 Å². The van der Waals surface area contributed by atoms with Crippen molar-refractivity contribution in [3.63, 3.8) is 0 Å². The summed E-state index contributed by atoms with van der Waals surface area (Å²) in [5, 5.41) is 5.06. The number of nitrogens with zero attached hydrogens (tertiary/aromatic N) is 2. The Morgan fingerprint density at radius 3 is 2.63 bits per heavy atom. The first-order chi connectivity index (χ1) is 17.1. The van der Waals surface area contributed by atoms with Crippen molar-refractivity contribution in [2.45, 2.75) is 39.2 Å². The first kappa shape index (κ1) is 24.8. The van der Waals surface area contributed by atoms with E-state index in [1.54, 1.807) is 16.2 Å². The third kappa shape index (κ3) is 5.85. The molecule has 0 spiro atoms. The van der Waals surface area contributed by atoms with Gasteiger partial charge < -0.3 is 19.9 Å². The molecule has 0 radical (unpaired) electrons. The summed E-state index contributed by atoms with van der Waals surface area (Å²) in [5.41, 5.74) is 2.89. The van der Waals surface area contributed by atoms with E-state index >= 15 is 0 Å². The number of nitrogens with one attached hydrogen (secondary N) is 1. The number of ether oxygens (including phenoxy) is 1. The van der Waals surface area contributed by atoms with Crippen molar-refractivity contribution in [2.75, 3.05) is 31.6 Å². The van der Waals surface area contributed by atoms with Crippen LogP contribution in [-0.2, 0) is 11.2 Å². The molecule has 1 N–H and O–H groups in total. The number of urea groups is 1. The number of fused-ring (bicyclic) bond motifs is 1. The first-order valence-corrected chi connectivity index (χ1v) is 13.2. The molecule has 2 aromatic carbocycles. The normalized spacial score (nSPS) is 14.8. The number of rotatable bonds is 9. The minimum atomic E-state index is -0.288. The smallest absolute Gasteiger partial charge is 0.322 e. The van der Waals surface area contributed by atoms with Crippen LogP contribution in [0.2, 0.25) is 0 Å². The fourth-order valence-corrected chi connectivity index (χ4v) is 5.38. The van der Waals surface area contributed by atoms with Gasteiger partial charge in [0, 0.05) is 18.0 Å². The van der Waals surface area contributed by atoms with Gasteiger partial charge in [-0.05, 0) is 54.5 Å². The van der Waals surface area contributed by atoms with Crippen molar-refractivity contribution in [1.82, 2.24) is 9.80 Å². The largest absolute Gasteiger partial charge is 0.492 e. The third-order valence-corrected chi connectivity index (χ3v) is 7.22. The number of amides is 3. The highest BCUT2D eigenvalue weighted by atomic mass is 32.1. The number of carbonyl (C=O) groups excluding carboxylic acids is 2. The average Bonchev–Trinajstić information content (AvgIpc) is 3.36. The van der Waals surface area contributed by atoms with Gasteiger partial charge >= 0.3 is 6.03 Å². The van der Waals surface area contributed by atoms with E-state index in [1.807, 2.05) is 54.3 Å². The maximum atomic E-state index is 13.7. The molecule has 1 aromatic heterocycles. The summed E-state index contributed by atoms with van der Waals surface area (Å²) in [4.78, 5) is 31.9. The van der Waals surface area contributed by atoms with Crippen molar-refractivity contribution < 1.29 is 14.3 Å². The van der Waals surface area contributed by atoms with Gasteiger partial charge in [0.1, 0.15) is 12.3 Å². The average molecular weight is 492 g/mol. The van der Waals surface area contributed by atoms with Gasteiger partial charge in [-0.25, -0.2) is 4.79 Å². The molecule has 35 heavy (non-hydrogen) atoms. The minimum absolute atomic E-state index is 0.0332. The Morgan fingerprint density at radius 2 is 1.86 bits per heavy atom. The summed E-state index contributed by atoms with van der Waals surface area (Å²) in [6.45, 7) is 5.68. The molecule has 184 valence electrons. The number of unbranched alkanes of at least 4 members (excludes halogenated alkanes) is 1. The predicted octanol–water partition coefficient (Wildman–Crippen LogP) is 5.96. The zero-order chi connectivity index (χ0) is 24.6. The predicted molar refractivity (Wildman–Crippen MR) is 141 cm³/mol. The summed E-state index contributed by atoms with van der Waals surface area (Å²) in [5.74, 6) is 0.579. The van der Waals surface area contributed by atoms with Crippen LogP contribution in [0, 0.1) is 0 Å². The fraction of sp³-hybridized carbons (Fsp3) is 0.357. The van der Waals surface area contributed by atoms with Crippen molar-refractivity contribution in [1.29, 1.82) is 0 Å². The monoisotopic (exact) mass is 491 g/mol. The molecule has 0 aliphatic carbocycles. The Labute approximate surface area is 211 Å². The second-order valence-corrected chi connectivity index (χ2v) is 9.58. The Bertz CT molecular complexity index is 1130. The van der Waals surface area contributed by atoms with Crippen LogP contribution in [0.5, 0.6) is 5.75 Å². The minimum Gasteiger partial charge on any atom is -0.492 e. The van der Waals surface area contributed by atoms with Crippen molar-refractivity contribution >= 4 is 29.0 Å². The van der Waals surface area contributed by atoms with Gasteiger partial charge in [-0.3, -0.25) is 4.79 Å². The lowest BCUT2D eigenvalue weighted by atomic mass is 9.93. The summed E-state index contributed by atoms with van der Waals surface area (Å²) < 4.78 is 5.66. The number of hydrogen-bond acceptors (Lipinski definition) is 4. The highest BCUT2D eigenvalue weighted by Crippen LogP contribution is 2.37. The van der Waals surface area contributed by atoms with Gasteiger partial charge in [0.2, 0.25) is 5.91 Å². The molecule has 1 aliphatic rings. The van der Waals surface area contributed by atoms with E-state index in [0.29, 0.717) is 31.1 Å². The maximum absolute atomic E-state index is 13.7. The topological polar surface area (TPSA) is 61.9 Å². The number of carbonyl (C=O) groups is 2. The van der Waals surface area contributed by atoms with Crippen LogP contribution in [0.25, 0.3) is 0 Å². The van der Waals surface area contributed by atoms with E-state index in [0.717, 1.165) is 24.8 Å². The van der Waals surface area contributed by atoms with Crippen LogP contribution >= 0.6 is 11.3 Å². The molecule has 0 fully saturated rings. The van der Waals surface area contributed by atoms with Crippen molar-refractivity contribution in [2.24, 2.45) is 0 Å². The Balaban J connectivity index is 1.54. The van der Waals surface area contributed by atoms with Gasteiger partial charge in [0.25, 0.3) is 0 Å². The molecule has 0 saturated heterocycles. The van der Waals surface area contributed by atoms with Crippen LogP contribution in [0.3, 0.4) is 0 Å². The molecule has 1 unspecified atom stereocenters.